The number of anilines is 2. The van der Waals surface area contributed by atoms with Crippen molar-refractivity contribution in [3.63, 3.8) is 0 Å². The van der Waals surface area contributed by atoms with Crippen LogP contribution in [-0.2, 0) is 9.59 Å². The smallest absolute Gasteiger partial charge is 0.226 e. The van der Waals surface area contributed by atoms with Crippen LogP contribution in [0.5, 0.6) is 0 Å². The van der Waals surface area contributed by atoms with Crippen LogP contribution in [0.2, 0.25) is 5.02 Å². The third-order valence-electron chi connectivity index (χ3n) is 3.69. The number of halogens is 1. The normalized spacial score (nSPS) is 10.3. The first-order valence-electron chi connectivity index (χ1n) is 7.77. The lowest BCUT2D eigenvalue weighted by atomic mass is 10.1. The molecular formula is C19H21ClN2O2. The zero-order chi connectivity index (χ0) is 17.7. The van der Waals surface area contributed by atoms with Gasteiger partial charge in [-0.15, -0.1) is 0 Å². The zero-order valence-electron chi connectivity index (χ0n) is 14.1. The van der Waals surface area contributed by atoms with Gasteiger partial charge in [0.25, 0.3) is 0 Å². The van der Waals surface area contributed by atoms with Gasteiger partial charge in [0.05, 0.1) is 0 Å². The minimum Gasteiger partial charge on any atom is -0.326 e. The number of amides is 2. The second-order valence-electron chi connectivity index (χ2n) is 5.77. The van der Waals surface area contributed by atoms with Crippen LogP contribution in [0.3, 0.4) is 0 Å². The van der Waals surface area contributed by atoms with Gasteiger partial charge in [0.1, 0.15) is 0 Å². The number of nitrogens with zero attached hydrogens (tertiary/aromatic N) is 1. The zero-order valence-corrected chi connectivity index (χ0v) is 14.9. The summed E-state index contributed by atoms with van der Waals surface area (Å²) >= 11 is 5.90. The molecule has 0 unspecified atom stereocenters. The molecule has 0 saturated heterocycles. The molecule has 5 heteroatoms. The Bertz CT molecular complexity index is 759. The van der Waals surface area contributed by atoms with Gasteiger partial charge in [-0.1, -0.05) is 35.4 Å². The predicted molar refractivity (Wildman–Crippen MR) is 98.6 cm³/mol. The number of rotatable bonds is 5. The quantitative estimate of drug-likeness (QED) is 0.877. The summed E-state index contributed by atoms with van der Waals surface area (Å²) in [7, 11) is 0. The average Bonchev–Trinajstić information content (AvgIpc) is 2.49. The Morgan fingerprint density at radius 1 is 1.12 bits per heavy atom. The van der Waals surface area contributed by atoms with E-state index in [-0.39, 0.29) is 18.2 Å². The van der Waals surface area contributed by atoms with Crippen molar-refractivity contribution in [3.05, 3.63) is 58.6 Å². The highest BCUT2D eigenvalue weighted by atomic mass is 35.5. The summed E-state index contributed by atoms with van der Waals surface area (Å²) in [6.07, 6.45) is 0.208. The van der Waals surface area contributed by atoms with Crippen molar-refractivity contribution in [1.82, 2.24) is 0 Å². The maximum absolute atomic E-state index is 12.1. The molecule has 2 aromatic rings. The van der Waals surface area contributed by atoms with E-state index < -0.39 is 0 Å². The summed E-state index contributed by atoms with van der Waals surface area (Å²) in [5.41, 5.74) is 3.64. The Kier molecular flexibility index (Phi) is 5.99. The molecule has 24 heavy (non-hydrogen) atoms. The van der Waals surface area contributed by atoms with Crippen molar-refractivity contribution in [1.29, 1.82) is 0 Å². The molecule has 0 aliphatic heterocycles. The van der Waals surface area contributed by atoms with Gasteiger partial charge in [0.15, 0.2) is 0 Å². The van der Waals surface area contributed by atoms with E-state index in [1.165, 1.54) is 6.92 Å². The number of nitrogens with one attached hydrogen (secondary N) is 1. The molecule has 126 valence electrons. The maximum Gasteiger partial charge on any atom is 0.226 e. The fraction of sp³-hybridized carbons (Fsp3) is 0.263. The van der Waals surface area contributed by atoms with E-state index in [0.717, 1.165) is 16.8 Å². The van der Waals surface area contributed by atoms with Gasteiger partial charge in [-0.2, -0.15) is 0 Å². The van der Waals surface area contributed by atoms with Gasteiger partial charge in [0, 0.05) is 36.3 Å². The molecule has 0 atom stereocenters. The molecule has 0 saturated carbocycles. The lowest BCUT2D eigenvalue weighted by Gasteiger charge is -2.23. The third-order valence-corrected chi connectivity index (χ3v) is 3.93. The van der Waals surface area contributed by atoms with Crippen molar-refractivity contribution >= 4 is 34.8 Å². The lowest BCUT2D eigenvalue weighted by molar-refractivity contribution is -0.117. The first-order valence-corrected chi connectivity index (χ1v) is 8.15. The molecule has 0 radical (unpaired) electrons. The van der Waals surface area contributed by atoms with E-state index in [0.29, 0.717) is 17.3 Å². The summed E-state index contributed by atoms with van der Waals surface area (Å²) in [5.74, 6) is -0.245. The minimum atomic E-state index is -0.159. The maximum atomic E-state index is 12.1. The Labute approximate surface area is 147 Å². The Balaban J connectivity index is 2.03. The van der Waals surface area contributed by atoms with Crippen molar-refractivity contribution < 1.29 is 9.59 Å². The molecule has 0 bridgehead atoms. The van der Waals surface area contributed by atoms with Gasteiger partial charge in [0.2, 0.25) is 11.8 Å². The van der Waals surface area contributed by atoms with Crippen LogP contribution in [0, 0.1) is 13.8 Å². The number of hydrogen-bond acceptors (Lipinski definition) is 2. The molecule has 0 aliphatic carbocycles. The summed E-state index contributed by atoms with van der Waals surface area (Å²) in [5, 5.41) is 3.35. The Hall–Kier alpha value is -2.33. The fourth-order valence-corrected chi connectivity index (χ4v) is 2.75. The molecule has 0 heterocycles. The Morgan fingerprint density at radius 3 is 2.50 bits per heavy atom. The van der Waals surface area contributed by atoms with Crippen LogP contribution in [0.25, 0.3) is 0 Å². The number of hydrogen-bond donors (Lipinski definition) is 1. The monoisotopic (exact) mass is 344 g/mol. The highest BCUT2D eigenvalue weighted by Gasteiger charge is 2.15. The highest BCUT2D eigenvalue weighted by molar-refractivity contribution is 6.30. The minimum absolute atomic E-state index is 0.0856. The van der Waals surface area contributed by atoms with E-state index in [2.05, 4.69) is 5.32 Å². The summed E-state index contributed by atoms with van der Waals surface area (Å²) in [4.78, 5) is 25.7. The van der Waals surface area contributed by atoms with Gasteiger partial charge in [-0.05, 0) is 43.7 Å². The molecular weight excluding hydrogens is 324 g/mol. The predicted octanol–water partition coefficient (Wildman–Crippen LogP) is 4.34. The van der Waals surface area contributed by atoms with Crippen molar-refractivity contribution in [2.75, 3.05) is 16.8 Å². The van der Waals surface area contributed by atoms with Crippen LogP contribution < -0.4 is 10.2 Å². The van der Waals surface area contributed by atoms with Crippen LogP contribution in [-0.4, -0.2) is 18.4 Å². The van der Waals surface area contributed by atoms with Gasteiger partial charge in [-0.25, -0.2) is 0 Å². The van der Waals surface area contributed by atoms with Gasteiger partial charge in [-0.3, -0.25) is 9.59 Å². The van der Waals surface area contributed by atoms with Gasteiger partial charge >= 0.3 is 0 Å². The molecule has 0 aromatic heterocycles. The number of carbonyl (C=O) groups excluding carboxylic acids is 2. The van der Waals surface area contributed by atoms with Crippen molar-refractivity contribution in [2.24, 2.45) is 0 Å². The van der Waals surface area contributed by atoms with Crippen LogP contribution >= 0.6 is 11.6 Å². The van der Waals surface area contributed by atoms with Crippen molar-refractivity contribution in [2.45, 2.75) is 27.2 Å². The molecule has 2 rings (SSSR count). The van der Waals surface area contributed by atoms with E-state index >= 15 is 0 Å². The molecule has 4 nitrogen and oxygen atoms in total. The second kappa shape index (κ2) is 7.97. The SMILES string of the molecule is CC(=O)N(CCC(=O)Nc1cccc(Cl)c1)c1ccc(C)cc1C. The van der Waals surface area contributed by atoms with E-state index in [9.17, 15) is 9.59 Å². The topological polar surface area (TPSA) is 49.4 Å². The van der Waals surface area contributed by atoms with Crippen LogP contribution in [0.15, 0.2) is 42.5 Å². The molecule has 0 spiro atoms. The third kappa shape index (κ3) is 4.83. The van der Waals surface area contributed by atoms with Gasteiger partial charge < -0.3 is 10.2 Å². The first kappa shape index (κ1) is 18.0. The van der Waals surface area contributed by atoms with Crippen LogP contribution in [0.4, 0.5) is 11.4 Å². The standard InChI is InChI=1S/C19H21ClN2O2/c1-13-7-8-18(14(2)11-13)22(15(3)23)10-9-19(24)21-17-6-4-5-16(20)12-17/h4-8,11-12H,9-10H2,1-3H3,(H,21,24). The van der Waals surface area contributed by atoms with Crippen LogP contribution in [0.1, 0.15) is 24.5 Å². The Morgan fingerprint density at radius 2 is 1.88 bits per heavy atom. The average molecular weight is 345 g/mol. The summed E-state index contributed by atoms with van der Waals surface area (Å²) < 4.78 is 0. The number of carbonyl (C=O) groups is 2. The molecule has 0 fully saturated rings. The fourth-order valence-electron chi connectivity index (χ4n) is 2.56. The molecule has 2 amide bonds. The van der Waals surface area contributed by atoms with E-state index in [4.69, 9.17) is 11.6 Å². The summed E-state index contributed by atoms with van der Waals surface area (Å²) in [6, 6.07) is 12.9. The summed E-state index contributed by atoms with van der Waals surface area (Å²) in [6.45, 7) is 5.80. The van der Waals surface area contributed by atoms with Crippen molar-refractivity contribution in [3.8, 4) is 0 Å². The molecule has 1 N–H and O–H groups in total. The van der Waals surface area contributed by atoms with E-state index in [1.54, 1.807) is 29.2 Å². The first-order chi connectivity index (χ1) is 11.4. The molecule has 0 aliphatic rings. The largest absolute Gasteiger partial charge is 0.326 e. The molecule has 2 aromatic carbocycles. The number of benzene rings is 2. The van der Waals surface area contributed by atoms with E-state index in [1.807, 2.05) is 32.0 Å². The number of aryl methyl sites for hydroxylation is 2. The highest BCUT2D eigenvalue weighted by Crippen LogP contribution is 2.22. The lowest BCUT2D eigenvalue weighted by Crippen LogP contribution is -2.32. The second-order valence-corrected chi connectivity index (χ2v) is 6.21.